The summed E-state index contributed by atoms with van der Waals surface area (Å²) in [4.78, 5) is 0. The van der Waals surface area contributed by atoms with Crippen LogP contribution in [-0.2, 0) is 0 Å². The zero-order valence-electron chi connectivity index (χ0n) is 32.0. The molecule has 0 fully saturated rings. The average molecular weight is 652 g/mol. The van der Waals surface area contributed by atoms with E-state index in [0.29, 0.717) is 7.92 Å². The van der Waals surface area contributed by atoms with Crippen LogP contribution >= 0.6 is 18.3 Å². The Kier molecular flexibility index (Phi) is 17.4. The Bertz CT molecular complexity index is 1360. The number of aryl methyl sites for hydroxylation is 2. The van der Waals surface area contributed by atoms with Crippen molar-refractivity contribution in [2.75, 3.05) is 19.5 Å². The second kappa shape index (κ2) is 19.0. The Morgan fingerprint density at radius 3 is 2.20 bits per heavy atom. The first-order valence-corrected chi connectivity index (χ1v) is 21.4. The summed E-state index contributed by atoms with van der Waals surface area (Å²) in [6.07, 6.45) is 13.6. The molecule has 0 aromatic carbocycles. The van der Waals surface area contributed by atoms with E-state index in [4.69, 9.17) is 0 Å². The van der Waals surface area contributed by atoms with E-state index in [1.165, 1.54) is 64.9 Å². The van der Waals surface area contributed by atoms with Gasteiger partial charge in [-0.3, -0.25) is 0 Å². The van der Waals surface area contributed by atoms with E-state index >= 15 is 0 Å². The lowest BCUT2D eigenvalue weighted by atomic mass is 9.83. The molecule has 45 heavy (non-hydrogen) atoms. The molecule has 2 aliphatic rings. The van der Waals surface area contributed by atoms with Gasteiger partial charge in [0.2, 0.25) is 5.70 Å². The summed E-state index contributed by atoms with van der Waals surface area (Å²) in [5, 5.41) is 7.75. The molecule has 0 amide bonds. The predicted octanol–water partition coefficient (Wildman–Crippen LogP) is 12.7. The van der Waals surface area contributed by atoms with E-state index in [0.717, 1.165) is 31.6 Å². The van der Waals surface area contributed by atoms with Gasteiger partial charge in [0.05, 0.1) is 11.3 Å². The minimum absolute atomic E-state index is 0.194. The summed E-state index contributed by atoms with van der Waals surface area (Å²) in [5.74, 6) is 8.37. The molecule has 0 saturated heterocycles. The van der Waals surface area contributed by atoms with Gasteiger partial charge < -0.3 is 0 Å². The second-order valence-corrected chi connectivity index (χ2v) is 19.2. The molecule has 2 nitrogen and oxygen atoms in total. The van der Waals surface area contributed by atoms with E-state index in [1.54, 1.807) is 0 Å². The molecule has 0 radical (unpaired) electrons. The van der Waals surface area contributed by atoms with Crippen LogP contribution in [0, 0.1) is 53.4 Å². The van der Waals surface area contributed by atoms with Crippen LogP contribution < -0.4 is 0 Å². The van der Waals surface area contributed by atoms with Gasteiger partial charge in [-0.25, -0.2) is 3.97 Å². The van der Waals surface area contributed by atoms with Crippen LogP contribution in [0.3, 0.4) is 0 Å². The van der Waals surface area contributed by atoms with Crippen molar-refractivity contribution in [2.24, 2.45) is 17.3 Å². The first-order valence-electron chi connectivity index (χ1n) is 17.5. The standard InChI is InChI=1S/C35H51N2S.C4H11P.C2H6/c1-12-13-14-18-32-33-28(6)24-30(8)36(33)38(23-19-27(4)5,37-31(9)25-29(7)34(32)37)22-16-21-35(10,11)20-15-17-26(2)3;1-4-5(2)3;1-2/h12,24-27H,1,13-15,17-18,20-21H2,2-11H3;4H2,1-3H3;1-2H3/q+1;;. The zero-order valence-corrected chi connectivity index (χ0v) is 33.7. The van der Waals surface area contributed by atoms with Crippen molar-refractivity contribution < 1.29 is 3.98 Å². The van der Waals surface area contributed by atoms with Crippen LogP contribution in [0.4, 0.5) is 0 Å². The number of hydrogen-bond donors (Lipinski definition) is 0. The van der Waals surface area contributed by atoms with Crippen molar-refractivity contribution in [2.45, 2.75) is 135 Å². The van der Waals surface area contributed by atoms with Gasteiger partial charge in [0, 0.05) is 47.1 Å². The lowest BCUT2D eigenvalue weighted by Gasteiger charge is -2.35. The summed E-state index contributed by atoms with van der Waals surface area (Å²) < 4.78 is 5.08. The maximum Gasteiger partial charge on any atom is 0.229 e. The van der Waals surface area contributed by atoms with Crippen molar-refractivity contribution in [3.8, 4) is 22.3 Å². The number of allylic oxidation sites excluding steroid dienone is 4. The quantitative estimate of drug-likeness (QED) is 0.0782. The minimum atomic E-state index is -1.98. The van der Waals surface area contributed by atoms with Gasteiger partial charge in [0.25, 0.3) is 0 Å². The van der Waals surface area contributed by atoms with E-state index in [-0.39, 0.29) is 11.3 Å². The minimum Gasteiger partial charge on any atom is -0.238 e. The maximum absolute atomic E-state index is 3.97. The molecule has 0 spiro atoms. The normalized spacial score (nSPS) is 18.4. The van der Waals surface area contributed by atoms with Crippen LogP contribution in [0.15, 0.2) is 36.1 Å². The van der Waals surface area contributed by atoms with Crippen LogP contribution in [0.5, 0.6) is 0 Å². The Morgan fingerprint density at radius 1 is 1.04 bits per heavy atom. The number of hydrogen-bond acceptors (Lipinski definition) is 0. The molecule has 1 aromatic heterocycles. The molecule has 2 aliphatic heterocycles. The molecule has 252 valence electrons. The average Bonchev–Trinajstić information content (AvgIpc) is 3.44. The molecule has 4 heteroatoms. The van der Waals surface area contributed by atoms with Gasteiger partial charge in [-0.2, -0.15) is 0 Å². The van der Waals surface area contributed by atoms with Crippen molar-refractivity contribution in [1.29, 1.82) is 0 Å². The highest BCUT2D eigenvalue weighted by atomic mass is 32.3. The third-order valence-corrected chi connectivity index (χ3v) is 12.2. The maximum atomic E-state index is 3.97. The number of nitrogens with zero attached hydrogens (tertiary/aromatic N) is 2. The fourth-order valence-corrected chi connectivity index (χ4v) is 8.90. The number of rotatable bonds is 10. The van der Waals surface area contributed by atoms with Gasteiger partial charge in [0.1, 0.15) is 0 Å². The van der Waals surface area contributed by atoms with Gasteiger partial charge in [-0.1, -0.05) is 93.1 Å². The van der Waals surface area contributed by atoms with E-state index in [2.05, 4.69) is 139 Å². The molecule has 0 aliphatic carbocycles. The summed E-state index contributed by atoms with van der Waals surface area (Å²) in [6.45, 7) is 37.5. The van der Waals surface area contributed by atoms with Gasteiger partial charge in [-0.15, -0.1) is 18.5 Å². The molecule has 3 heterocycles. The summed E-state index contributed by atoms with van der Waals surface area (Å²) in [6, 6.07) is 2.34. The summed E-state index contributed by atoms with van der Waals surface area (Å²) >= 11 is 0. The third kappa shape index (κ3) is 11.1. The van der Waals surface area contributed by atoms with Crippen molar-refractivity contribution in [3.63, 3.8) is 0 Å². The van der Waals surface area contributed by atoms with Gasteiger partial charge in [-0.05, 0) is 88.9 Å². The molecular formula is C41H68N2PS+. The summed E-state index contributed by atoms with van der Waals surface area (Å²) in [7, 11) is -1.58. The van der Waals surface area contributed by atoms with E-state index in [1.807, 2.05) is 19.9 Å². The Morgan fingerprint density at radius 2 is 1.67 bits per heavy atom. The fraction of sp³-hybridized carbons (Fsp3) is 0.634. The number of unbranched alkanes of at least 4 members (excludes halogenated alkanes) is 1. The lowest BCUT2D eigenvalue weighted by Crippen LogP contribution is -2.30. The SMILES string of the molecule is C=CCCCC1=C2C(C)=CC(C)=[N+]2S(C#CCC(C)(C)CCCC(C)C)(C#CC(C)C)n2c(C)cc(C)c21.CC.CCP(C)C. The van der Waals surface area contributed by atoms with Crippen LogP contribution in [0.2, 0.25) is 0 Å². The second-order valence-electron chi connectivity index (χ2n) is 14.1. The number of fused-ring (bicyclic) bond motifs is 2. The van der Waals surface area contributed by atoms with E-state index < -0.39 is 10.4 Å². The molecular weight excluding hydrogens is 584 g/mol. The summed E-state index contributed by atoms with van der Waals surface area (Å²) in [5.41, 5.74) is 9.51. The molecule has 1 aromatic rings. The molecule has 0 N–H and O–H groups in total. The van der Waals surface area contributed by atoms with Crippen molar-refractivity contribution >= 4 is 29.6 Å². The number of aromatic nitrogens is 1. The first-order chi connectivity index (χ1) is 21.1. The van der Waals surface area contributed by atoms with Crippen molar-refractivity contribution in [1.82, 2.24) is 3.97 Å². The monoisotopic (exact) mass is 651 g/mol. The Hall–Kier alpha value is -1.93. The molecule has 3 rings (SSSR count). The smallest absolute Gasteiger partial charge is 0.229 e. The van der Waals surface area contributed by atoms with Crippen LogP contribution in [0.25, 0.3) is 5.57 Å². The largest absolute Gasteiger partial charge is 0.238 e. The molecule has 0 bridgehead atoms. The molecule has 1 atom stereocenters. The van der Waals surface area contributed by atoms with E-state index in [9.17, 15) is 0 Å². The highest BCUT2D eigenvalue weighted by Gasteiger charge is 2.50. The van der Waals surface area contributed by atoms with Gasteiger partial charge >= 0.3 is 0 Å². The predicted molar refractivity (Wildman–Crippen MR) is 211 cm³/mol. The fourth-order valence-electron chi connectivity index (χ4n) is 5.67. The van der Waals surface area contributed by atoms with Crippen molar-refractivity contribution in [3.05, 3.63) is 53.0 Å². The zero-order chi connectivity index (χ0) is 34.5. The van der Waals surface area contributed by atoms with Crippen LogP contribution in [0.1, 0.15) is 138 Å². The highest BCUT2D eigenvalue weighted by molar-refractivity contribution is 8.35. The van der Waals surface area contributed by atoms with Crippen LogP contribution in [-0.4, -0.2) is 33.2 Å². The highest BCUT2D eigenvalue weighted by Crippen LogP contribution is 2.60. The van der Waals surface area contributed by atoms with Gasteiger partial charge in [0.15, 0.2) is 16.1 Å². The first kappa shape index (κ1) is 41.1. The Labute approximate surface area is 283 Å². The topological polar surface area (TPSA) is 7.94 Å². The molecule has 1 unspecified atom stereocenters. The molecule has 0 saturated carbocycles. The Balaban J connectivity index is 0.00000131. The lowest BCUT2D eigenvalue weighted by molar-refractivity contribution is -0.285. The third-order valence-electron chi connectivity index (χ3n) is 8.12.